The maximum Gasteiger partial charge on any atom is 0.533 e. The fourth-order valence-corrected chi connectivity index (χ4v) is 3.06. The highest BCUT2D eigenvalue weighted by atomic mass is 16.8. The predicted molar refractivity (Wildman–Crippen MR) is 78.5 cm³/mol. The molecule has 2 aliphatic carbocycles. The van der Waals surface area contributed by atoms with Crippen molar-refractivity contribution in [2.24, 2.45) is 11.8 Å². The first-order valence-electron chi connectivity index (χ1n) is 7.79. The van der Waals surface area contributed by atoms with Gasteiger partial charge in [-0.15, -0.1) is 4.73 Å². The van der Waals surface area contributed by atoms with Crippen LogP contribution in [0.15, 0.2) is 23.8 Å². The summed E-state index contributed by atoms with van der Waals surface area (Å²) in [6.07, 6.45) is 8.18. The molecule has 3 rings (SSSR count). The molecule has 2 atom stereocenters. The number of nitrogens with zero attached hydrogens (tertiary/aromatic N) is 1. The number of aromatic nitrogens is 1. The van der Waals surface area contributed by atoms with Gasteiger partial charge in [-0.05, 0) is 43.9 Å². The zero-order valence-electron chi connectivity index (χ0n) is 12.4. The van der Waals surface area contributed by atoms with E-state index in [0.717, 1.165) is 38.0 Å². The predicted octanol–water partition coefficient (Wildman–Crippen LogP) is 2.99. The third-order valence-electron chi connectivity index (χ3n) is 4.39. The Morgan fingerprint density at radius 2 is 1.91 bits per heavy atom. The second-order valence-corrected chi connectivity index (χ2v) is 6.03. The van der Waals surface area contributed by atoms with Crippen LogP contribution in [-0.4, -0.2) is 27.7 Å². The number of ether oxygens (including phenoxy) is 1. The van der Waals surface area contributed by atoms with E-state index in [1.807, 2.05) is 0 Å². The van der Waals surface area contributed by atoms with Crippen LogP contribution in [-0.2, 0) is 4.74 Å². The third-order valence-corrected chi connectivity index (χ3v) is 4.39. The molecule has 1 aromatic rings. The Kier molecular flexibility index (Phi) is 4.27. The lowest BCUT2D eigenvalue weighted by Gasteiger charge is -2.16. The summed E-state index contributed by atoms with van der Waals surface area (Å²) in [5.41, 5.74) is 1.60. The summed E-state index contributed by atoms with van der Waals surface area (Å²) >= 11 is 0. The van der Waals surface area contributed by atoms with E-state index in [-0.39, 0.29) is 11.8 Å². The SMILES string of the molecule is O=C(OCC1CCCC2=CC2CCC1)On1c(O)ccc1O. The van der Waals surface area contributed by atoms with E-state index in [9.17, 15) is 15.0 Å². The highest BCUT2D eigenvalue weighted by molar-refractivity contribution is 5.60. The van der Waals surface area contributed by atoms with Crippen molar-refractivity contribution in [2.45, 2.75) is 38.5 Å². The summed E-state index contributed by atoms with van der Waals surface area (Å²) in [5.74, 6) is 0.371. The molecule has 0 bridgehead atoms. The number of carbonyl (C=O) groups excluding carboxylic acids is 1. The number of hydrogen-bond donors (Lipinski definition) is 2. The van der Waals surface area contributed by atoms with Gasteiger partial charge in [-0.2, -0.15) is 0 Å². The molecule has 1 saturated carbocycles. The van der Waals surface area contributed by atoms with Crippen molar-refractivity contribution in [1.82, 2.24) is 4.73 Å². The highest BCUT2D eigenvalue weighted by Gasteiger charge is 2.26. The minimum absolute atomic E-state index is 0.311. The van der Waals surface area contributed by atoms with Gasteiger partial charge in [0.05, 0.1) is 6.61 Å². The minimum atomic E-state index is -0.924. The first kappa shape index (κ1) is 14.8. The number of carbonyl (C=O) groups is 1. The van der Waals surface area contributed by atoms with Crippen LogP contribution in [0.25, 0.3) is 0 Å². The Balaban J connectivity index is 1.44. The van der Waals surface area contributed by atoms with Gasteiger partial charge in [0.1, 0.15) is 0 Å². The zero-order valence-corrected chi connectivity index (χ0v) is 12.4. The Hall–Kier alpha value is -2.11. The van der Waals surface area contributed by atoms with Crippen molar-refractivity contribution >= 4 is 6.16 Å². The van der Waals surface area contributed by atoms with Gasteiger partial charge in [0, 0.05) is 12.1 Å². The normalized spacial score (nSPS) is 24.3. The molecule has 2 N–H and O–H groups in total. The first-order chi connectivity index (χ1) is 10.6. The molecule has 2 aliphatic rings. The molecule has 1 aromatic heterocycles. The monoisotopic (exact) mass is 307 g/mol. The average molecular weight is 307 g/mol. The molecule has 0 aliphatic heterocycles. The summed E-state index contributed by atoms with van der Waals surface area (Å²) < 4.78 is 5.75. The van der Waals surface area contributed by atoms with Gasteiger partial charge in [0.25, 0.3) is 0 Å². The smallest absolute Gasteiger partial charge is 0.492 e. The van der Waals surface area contributed by atoms with E-state index < -0.39 is 6.16 Å². The van der Waals surface area contributed by atoms with Crippen molar-refractivity contribution in [3.8, 4) is 11.8 Å². The molecule has 22 heavy (non-hydrogen) atoms. The quantitative estimate of drug-likeness (QED) is 0.663. The summed E-state index contributed by atoms with van der Waals surface area (Å²) in [5, 5.41) is 18.8. The summed E-state index contributed by atoms with van der Waals surface area (Å²) in [4.78, 5) is 16.4. The lowest BCUT2D eigenvalue weighted by molar-refractivity contribution is 0.0251. The van der Waals surface area contributed by atoms with Gasteiger partial charge < -0.3 is 14.9 Å². The number of fused-ring (bicyclic) bond motifs is 1. The van der Waals surface area contributed by atoms with E-state index >= 15 is 0 Å². The Morgan fingerprint density at radius 3 is 2.68 bits per heavy atom. The minimum Gasteiger partial charge on any atom is -0.492 e. The molecule has 0 amide bonds. The molecule has 1 heterocycles. The third kappa shape index (κ3) is 3.55. The Labute approximate surface area is 128 Å². The van der Waals surface area contributed by atoms with Crippen molar-refractivity contribution in [1.29, 1.82) is 0 Å². The van der Waals surface area contributed by atoms with E-state index in [2.05, 4.69) is 6.08 Å². The van der Waals surface area contributed by atoms with Crippen molar-refractivity contribution in [3.05, 3.63) is 23.8 Å². The van der Waals surface area contributed by atoms with Crippen LogP contribution < -0.4 is 4.84 Å². The molecule has 0 radical (unpaired) electrons. The van der Waals surface area contributed by atoms with E-state index in [1.54, 1.807) is 5.57 Å². The van der Waals surface area contributed by atoms with Gasteiger partial charge in [-0.3, -0.25) is 4.84 Å². The standard InChI is InChI=1S/C16H21NO5/c18-14-7-8-15(19)17(14)22-16(20)21-10-11-3-1-5-12-9-13(12)6-2-4-11/h7-9,11-12,18-19H,1-6,10H2. The maximum atomic E-state index is 11.6. The van der Waals surface area contributed by atoms with Crippen LogP contribution in [0.4, 0.5) is 4.79 Å². The second kappa shape index (κ2) is 6.34. The molecule has 0 saturated heterocycles. The summed E-state index contributed by atoms with van der Waals surface area (Å²) in [6.45, 7) is 0.311. The van der Waals surface area contributed by atoms with Gasteiger partial charge >= 0.3 is 6.16 Å². The van der Waals surface area contributed by atoms with Crippen molar-refractivity contribution in [2.75, 3.05) is 6.61 Å². The van der Waals surface area contributed by atoms with Gasteiger partial charge in [-0.1, -0.05) is 18.1 Å². The molecule has 120 valence electrons. The van der Waals surface area contributed by atoms with Crippen molar-refractivity contribution in [3.63, 3.8) is 0 Å². The molecule has 6 heteroatoms. The van der Waals surface area contributed by atoms with Crippen molar-refractivity contribution < 1.29 is 24.6 Å². The summed E-state index contributed by atoms with van der Waals surface area (Å²) in [7, 11) is 0. The number of rotatable bonds is 3. The Morgan fingerprint density at radius 1 is 1.18 bits per heavy atom. The van der Waals surface area contributed by atoms with Gasteiger partial charge in [0.2, 0.25) is 11.8 Å². The molecular weight excluding hydrogens is 286 g/mol. The van der Waals surface area contributed by atoms with Crippen LogP contribution in [0.3, 0.4) is 0 Å². The molecule has 0 aromatic carbocycles. The van der Waals surface area contributed by atoms with E-state index in [0.29, 0.717) is 17.3 Å². The fourth-order valence-electron chi connectivity index (χ4n) is 3.06. The number of allylic oxidation sites excluding steroid dienone is 2. The number of aromatic hydroxyl groups is 2. The van der Waals surface area contributed by atoms with Crippen LogP contribution in [0.5, 0.6) is 11.8 Å². The molecule has 2 unspecified atom stereocenters. The topological polar surface area (TPSA) is 80.9 Å². The van der Waals surface area contributed by atoms with Crippen LogP contribution >= 0.6 is 0 Å². The molecule has 1 fully saturated rings. The molecule has 0 spiro atoms. The largest absolute Gasteiger partial charge is 0.533 e. The van der Waals surface area contributed by atoms with E-state index in [1.165, 1.54) is 18.6 Å². The van der Waals surface area contributed by atoms with Gasteiger partial charge in [-0.25, -0.2) is 4.79 Å². The fraction of sp³-hybridized carbons (Fsp3) is 0.562. The van der Waals surface area contributed by atoms with Crippen LogP contribution in [0.2, 0.25) is 0 Å². The van der Waals surface area contributed by atoms with Gasteiger partial charge in [0.15, 0.2) is 0 Å². The molecular formula is C16H21NO5. The average Bonchev–Trinajstić information content (AvgIpc) is 3.15. The number of hydrogen-bond acceptors (Lipinski definition) is 5. The lowest BCUT2D eigenvalue weighted by Crippen LogP contribution is -2.23. The summed E-state index contributed by atoms with van der Waals surface area (Å²) in [6, 6.07) is 2.45. The lowest BCUT2D eigenvalue weighted by atomic mass is 9.97. The first-order valence-corrected chi connectivity index (χ1v) is 7.79. The zero-order chi connectivity index (χ0) is 15.5. The molecule has 6 nitrogen and oxygen atoms in total. The maximum absolute atomic E-state index is 11.6. The van der Waals surface area contributed by atoms with E-state index in [4.69, 9.17) is 9.57 Å². The van der Waals surface area contributed by atoms with Crippen LogP contribution in [0.1, 0.15) is 38.5 Å². The highest BCUT2D eigenvalue weighted by Crippen LogP contribution is 2.39. The second-order valence-electron chi connectivity index (χ2n) is 6.03. The Bertz CT molecular complexity index is 558. The van der Waals surface area contributed by atoms with Crippen LogP contribution in [0, 0.1) is 11.8 Å².